The van der Waals surface area contributed by atoms with Crippen molar-refractivity contribution >= 4 is 0 Å². The van der Waals surface area contributed by atoms with Gasteiger partial charge in [0.15, 0.2) is 0 Å². The summed E-state index contributed by atoms with van der Waals surface area (Å²) in [6, 6.07) is 15.9. The molecule has 2 aromatic rings. The first-order chi connectivity index (χ1) is 10.2. The first-order valence-corrected chi connectivity index (χ1v) is 7.44. The van der Waals surface area contributed by atoms with Gasteiger partial charge in [-0.05, 0) is 55.3 Å². The van der Waals surface area contributed by atoms with Crippen molar-refractivity contribution in [1.29, 1.82) is 0 Å². The lowest BCUT2D eigenvalue weighted by molar-refractivity contribution is 0.281. The third-order valence-corrected chi connectivity index (χ3v) is 3.38. The van der Waals surface area contributed by atoms with Crippen LogP contribution in [0.1, 0.15) is 37.4 Å². The number of rotatable bonds is 7. The average molecular weight is 285 g/mol. The van der Waals surface area contributed by atoms with Gasteiger partial charge in [0.25, 0.3) is 0 Å². The highest BCUT2D eigenvalue weighted by Gasteiger charge is 2.06. The minimum absolute atomic E-state index is 0.0230. The second-order valence-corrected chi connectivity index (χ2v) is 5.16. The maximum Gasteiger partial charge on any atom is 0.127 e. The number of hydrogen-bond acceptors (Lipinski definition) is 3. The molecule has 3 heteroatoms. The highest BCUT2D eigenvalue weighted by atomic mass is 16.5. The van der Waals surface area contributed by atoms with E-state index in [1.165, 1.54) is 5.56 Å². The Hall–Kier alpha value is -1.84. The first-order valence-electron chi connectivity index (χ1n) is 7.44. The van der Waals surface area contributed by atoms with E-state index in [9.17, 15) is 0 Å². The van der Waals surface area contributed by atoms with E-state index >= 15 is 0 Å². The Balaban J connectivity index is 2.09. The lowest BCUT2D eigenvalue weighted by Crippen LogP contribution is -2.19. The SMILES string of the molecule is CCCNC(C)c1cccc(Oc2cccc(CO)c2)c1. The molecule has 0 aliphatic heterocycles. The van der Waals surface area contributed by atoms with Gasteiger partial charge in [-0.15, -0.1) is 0 Å². The fourth-order valence-corrected chi connectivity index (χ4v) is 2.17. The zero-order chi connectivity index (χ0) is 15.1. The summed E-state index contributed by atoms with van der Waals surface area (Å²) in [7, 11) is 0. The maximum atomic E-state index is 9.16. The Morgan fingerprint density at radius 3 is 2.52 bits per heavy atom. The summed E-state index contributed by atoms with van der Waals surface area (Å²) >= 11 is 0. The molecule has 0 spiro atoms. The third kappa shape index (κ3) is 4.59. The van der Waals surface area contributed by atoms with Crippen LogP contribution in [-0.4, -0.2) is 11.7 Å². The number of benzene rings is 2. The Labute approximate surface area is 126 Å². The van der Waals surface area contributed by atoms with E-state index in [2.05, 4.69) is 31.3 Å². The lowest BCUT2D eigenvalue weighted by Gasteiger charge is -2.15. The molecule has 0 aliphatic rings. The van der Waals surface area contributed by atoms with E-state index in [4.69, 9.17) is 9.84 Å². The molecule has 2 N–H and O–H groups in total. The highest BCUT2D eigenvalue weighted by molar-refractivity contribution is 5.36. The van der Waals surface area contributed by atoms with Crippen LogP contribution in [0.2, 0.25) is 0 Å². The quantitative estimate of drug-likeness (QED) is 0.807. The number of hydrogen-bond donors (Lipinski definition) is 2. The number of aliphatic hydroxyl groups is 1. The maximum absolute atomic E-state index is 9.16. The van der Waals surface area contributed by atoms with Gasteiger partial charge in [-0.2, -0.15) is 0 Å². The average Bonchev–Trinajstić information content (AvgIpc) is 2.53. The molecule has 0 radical (unpaired) electrons. The molecule has 112 valence electrons. The predicted octanol–water partition coefficient (Wildman–Crippen LogP) is 4.03. The second kappa shape index (κ2) is 7.81. The fraction of sp³-hybridized carbons (Fsp3) is 0.333. The van der Waals surface area contributed by atoms with Crippen LogP contribution in [0.5, 0.6) is 11.5 Å². The van der Waals surface area contributed by atoms with Crippen LogP contribution in [-0.2, 0) is 6.61 Å². The Morgan fingerprint density at radius 2 is 1.81 bits per heavy atom. The number of ether oxygens (including phenoxy) is 1. The molecule has 3 nitrogen and oxygen atoms in total. The summed E-state index contributed by atoms with van der Waals surface area (Å²) in [5.74, 6) is 1.56. The van der Waals surface area contributed by atoms with Gasteiger partial charge in [0.05, 0.1) is 6.61 Å². The van der Waals surface area contributed by atoms with E-state index in [0.29, 0.717) is 6.04 Å². The molecule has 0 fully saturated rings. The van der Waals surface area contributed by atoms with E-state index in [1.807, 2.05) is 36.4 Å². The lowest BCUT2D eigenvalue weighted by atomic mass is 10.1. The van der Waals surface area contributed by atoms with E-state index in [0.717, 1.165) is 30.0 Å². The summed E-state index contributed by atoms with van der Waals surface area (Å²) in [6.45, 7) is 5.34. The molecular weight excluding hydrogens is 262 g/mol. The van der Waals surface area contributed by atoms with Gasteiger partial charge < -0.3 is 15.2 Å². The molecule has 0 bridgehead atoms. The molecule has 0 heterocycles. The van der Waals surface area contributed by atoms with Gasteiger partial charge in [-0.25, -0.2) is 0 Å². The van der Waals surface area contributed by atoms with Crippen LogP contribution in [0.3, 0.4) is 0 Å². The Bertz CT molecular complexity index is 569. The third-order valence-electron chi connectivity index (χ3n) is 3.38. The van der Waals surface area contributed by atoms with Crippen molar-refractivity contribution in [3.8, 4) is 11.5 Å². The predicted molar refractivity (Wildman–Crippen MR) is 85.6 cm³/mol. The van der Waals surface area contributed by atoms with Gasteiger partial charge in [0.1, 0.15) is 11.5 Å². The molecule has 1 unspecified atom stereocenters. The van der Waals surface area contributed by atoms with E-state index in [-0.39, 0.29) is 6.61 Å². The van der Waals surface area contributed by atoms with Gasteiger partial charge in [-0.1, -0.05) is 31.2 Å². The van der Waals surface area contributed by atoms with Gasteiger partial charge in [-0.3, -0.25) is 0 Å². The van der Waals surface area contributed by atoms with E-state index in [1.54, 1.807) is 0 Å². The van der Waals surface area contributed by atoms with Crippen molar-refractivity contribution in [3.05, 3.63) is 59.7 Å². The van der Waals surface area contributed by atoms with Crippen molar-refractivity contribution < 1.29 is 9.84 Å². The van der Waals surface area contributed by atoms with E-state index < -0.39 is 0 Å². The molecule has 21 heavy (non-hydrogen) atoms. The molecule has 0 amide bonds. The van der Waals surface area contributed by atoms with Crippen molar-refractivity contribution in [3.63, 3.8) is 0 Å². The van der Waals surface area contributed by atoms with Crippen LogP contribution >= 0.6 is 0 Å². The second-order valence-electron chi connectivity index (χ2n) is 5.16. The van der Waals surface area contributed by atoms with Crippen LogP contribution < -0.4 is 10.1 Å². The van der Waals surface area contributed by atoms with Crippen molar-refractivity contribution in [2.75, 3.05) is 6.54 Å². The molecule has 0 aromatic heterocycles. The summed E-state index contributed by atoms with van der Waals surface area (Å²) < 4.78 is 5.88. The van der Waals surface area contributed by atoms with Crippen LogP contribution in [0, 0.1) is 0 Å². The van der Waals surface area contributed by atoms with Crippen molar-refractivity contribution in [2.24, 2.45) is 0 Å². The summed E-state index contributed by atoms with van der Waals surface area (Å²) in [5.41, 5.74) is 2.06. The molecule has 2 rings (SSSR count). The fourth-order valence-electron chi connectivity index (χ4n) is 2.17. The standard InChI is InChI=1S/C18H23NO2/c1-3-10-19-14(2)16-7-5-9-18(12-16)21-17-8-4-6-15(11-17)13-20/h4-9,11-12,14,19-20H,3,10,13H2,1-2H3. The summed E-state index contributed by atoms with van der Waals surface area (Å²) in [5, 5.41) is 12.6. The van der Waals surface area contributed by atoms with Gasteiger partial charge in [0.2, 0.25) is 0 Å². The van der Waals surface area contributed by atoms with Crippen LogP contribution in [0.25, 0.3) is 0 Å². The Kier molecular flexibility index (Phi) is 5.78. The monoisotopic (exact) mass is 285 g/mol. The van der Waals surface area contributed by atoms with Gasteiger partial charge >= 0.3 is 0 Å². The zero-order valence-electron chi connectivity index (χ0n) is 12.7. The molecule has 2 aromatic carbocycles. The first kappa shape index (κ1) is 15.5. The van der Waals surface area contributed by atoms with Crippen molar-refractivity contribution in [1.82, 2.24) is 5.32 Å². The Morgan fingerprint density at radius 1 is 1.10 bits per heavy atom. The smallest absolute Gasteiger partial charge is 0.127 e. The minimum Gasteiger partial charge on any atom is -0.457 e. The van der Waals surface area contributed by atoms with Gasteiger partial charge in [0, 0.05) is 6.04 Å². The highest BCUT2D eigenvalue weighted by Crippen LogP contribution is 2.25. The number of aliphatic hydroxyl groups excluding tert-OH is 1. The number of nitrogens with one attached hydrogen (secondary N) is 1. The summed E-state index contributed by atoms with van der Waals surface area (Å²) in [4.78, 5) is 0. The van der Waals surface area contributed by atoms with Crippen LogP contribution in [0.4, 0.5) is 0 Å². The van der Waals surface area contributed by atoms with Crippen molar-refractivity contribution in [2.45, 2.75) is 32.9 Å². The molecular formula is C18H23NO2. The molecule has 0 saturated carbocycles. The molecule has 1 atom stereocenters. The topological polar surface area (TPSA) is 41.5 Å². The zero-order valence-corrected chi connectivity index (χ0v) is 12.7. The van der Waals surface area contributed by atoms with Crippen LogP contribution in [0.15, 0.2) is 48.5 Å². The largest absolute Gasteiger partial charge is 0.457 e. The molecule has 0 saturated heterocycles. The summed E-state index contributed by atoms with van der Waals surface area (Å²) in [6.07, 6.45) is 1.12. The normalized spacial score (nSPS) is 12.1. The minimum atomic E-state index is 0.0230. The molecule has 0 aliphatic carbocycles.